The minimum absolute atomic E-state index is 0. The first-order valence-electron chi connectivity index (χ1n) is 2.52. The molecule has 0 radical (unpaired) electrons. The SMILES string of the molecule is COc1ccccc1.[Ca+2].[Cl-].[Cl-]. The number of halogens is 2. The van der Waals surface area contributed by atoms with Crippen molar-refractivity contribution in [2.24, 2.45) is 0 Å². The molecule has 0 N–H and O–H groups in total. The summed E-state index contributed by atoms with van der Waals surface area (Å²) >= 11 is 0. The predicted molar refractivity (Wildman–Crippen MR) is 38.7 cm³/mol. The van der Waals surface area contributed by atoms with E-state index < -0.39 is 0 Å². The number of rotatable bonds is 1. The van der Waals surface area contributed by atoms with Crippen LogP contribution >= 0.6 is 0 Å². The van der Waals surface area contributed by atoms with Gasteiger partial charge in [-0.2, -0.15) is 0 Å². The maximum atomic E-state index is 4.91. The molecular formula is C7H8CaCl2O. The maximum Gasteiger partial charge on any atom is 2.00 e. The van der Waals surface area contributed by atoms with E-state index in [2.05, 4.69) is 0 Å². The minimum Gasteiger partial charge on any atom is -1.00 e. The zero-order valence-corrected chi connectivity index (χ0v) is 9.98. The number of hydrogen-bond acceptors (Lipinski definition) is 1. The third-order valence-corrected chi connectivity index (χ3v) is 0.979. The third kappa shape index (κ3) is 7.23. The molecule has 1 aromatic carbocycles. The third-order valence-electron chi connectivity index (χ3n) is 0.979. The molecule has 4 heteroatoms. The van der Waals surface area contributed by atoms with Gasteiger partial charge in [0.05, 0.1) is 7.11 Å². The molecule has 0 unspecified atom stereocenters. The second-order valence-electron chi connectivity index (χ2n) is 1.52. The van der Waals surface area contributed by atoms with E-state index in [-0.39, 0.29) is 62.6 Å². The van der Waals surface area contributed by atoms with Crippen LogP contribution in [-0.2, 0) is 0 Å². The molecule has 0 saturated heterocycles. The van der Waals surface area contributed by atoms with E-state index in [1.54, 1.807) is 7.11 Å². The zero-order chi connectivity index (χ0) is 5.82. The molecule has 0 aromatic heterocycles. The van der Waals surface area contributed by atoms with Crippen LogP contribution in [0.3, 0.4) is 0 Å². The fourth-order valence-corrected chi connectivity index (χ4v) is 0.557. The topological polar surface area (TPSA) is 9.23 Å². The van der Waals surface area contributed by atoms with Gasteiger partial charge in [-0.25, -0.2) is 0 Å². The second-order valence-corrected chi connectivity index (χ2v) is 1.52. The maximum absolute atomic E-state index is 4.91. The summed E-state index contributed by atoms with van der Waals surface area (Å²) in [5, 5.41) is 0. The summed E-state index contributed by atoms with van der Waals surface area (Å²) in [5.74, 6) is 0.910. The van der Waals surface area contributed by atoms with Crippen LogP contribution < -0.4 is 29.6 Å². The number of benzene rings is 1. The van der Waals surface area contributed by atoms with E-state index in [0.29, 0.717) is 0 Å². The molecule has 0 saturated carbocycles. The summed E-state index contributed by atoms with van der Waals surface area (Å²) in [4.78, 5) is 0. The fraction of sp³-hybridized carbons (Fsp3) is 0.143. The summed E-state index contributed by atoms with van der Waals surface area (Å²) in [6.07, 6.45) is 0. The van der Waals surface area contributed by atoms with E-state index >= 15 is 0 Å². The number of methoxy groups -OCH3 is 1. The van der Waals surface area contributed by atoms with Gasteiger partial charge >= 0.3 is 37.7 Å². The Labute approximate surface area is 109 Å². The largest absolute Gasteiger partial charge is 2.00 e. The van der Waals surface area contributed by atoms with Gasteiger partial charge < -0.3 is 29.6 Å². The number of ether oxygens (including phenoxy) is 1. The van der Waals surface area contributed by atoms with Gasteiger partial charge in [0.1, 0.15) is 5.75 Å². The van der Waals surface area contributed by atoms with Gasteiger partial charge in [-0.15, -0.1) is 0 Å². The Morgan fingerprint density at radius 3 is 1.73 bits per heavy atom. The van der Waals surface area contributed by atoms with Gasteiger partial charge in [-0.05, 0) is 12.1 Å². The molecule has 0 atom stereocenters. The molecule has 0 spiro atoms. The quantitative estimate of drug-likeness (QED) is 0.431. The Balaban J connectivity index is -0.000000213. The van der Waals surface area contributed by atoms with Crippen molar-refractivity contribution < 1.29 is 29.6 Å². The summed E-state index contributed by atoms with van der Waals surface area (Å²) in [7, 11) is 1.66. The molecule has 1 rings (SSSR count). The van der Waals surface area contributed by atoms with Gasteiger partial charge in [0, 0.05) is 0 Å². The van der Waals surface area contributed by atoms with Crippen LogP contribution in [0.15, 0.2) is 30.3 Å². The van der Waals surface area contributed by atoms with E-state index in [1.807, 2.05) is 30.3 Å². The average molecular weight is 219 g/mol. The van der Waals surface area contributed by atoms with E-state index in [0.717, 1.165) is 5.75 Å². The standard InChI is InChI=1S/C7H8O.Ca.2ClH/c1-8-7-5-3-2-4-6-7;;;/h2-6H,1H3;;2*1H/q;+2;;/p-2. The van der Waals surface area contributed by atoms with Crippen molar-refractivity contribution in [3.05, 3.63) is 30.3 Å². The molecule has 11 heavy (non-hydrogen) atoms. The van der Waals surface area contributed by atoms with Crippen LogP contribution in [0, 0.1) is 0 Å². The summed E-state index contributed by atoms with van der Waals surface area (Å²) in [6.45, 7) is 0. The van der Waals surface area contributed by atoms with Crippen LogP contribution in [0.25, 0.3) is 0 Å². The molecule has 0 bridgehead atoms. The summed E-state index contributed by atoms with van der Waals surface area (Å²) in [5.41, 5.74) is 0. The first-order valence-corrected chi connectivity index (χ1v) is 2.52. The molecule has 1 aromatic rings. The Hall–Kier alpha value is 0.860. The minimum atomic E-state index is 0. The van der Waals surface area contributed by atoms with Crippen molar-refractivity contribution in [1.82, 2.24) is 0 Å². The Bertz CT molecular complexity index is 158. The fourth-order valence-electron chi connectivity index (χ4n) is 0.557. The normalized spacial score (nSPS) is 6.27. The molecule has 0 aliphatic rings. The molecule has 1 nitrogen and oxygen atoms in total. The molecule has 0 amide bonds. The van der Waals surface area contributed by atoms with Gasteiger partial charge in [0.2, 0.25) is 0 Å². The molecule has 0 heterocycles. The number of para-hydroxylation sites is 1. The van der Waals surface area contributed by atoms with Crippen molar-refractivity contribution >= 4 is 37.7 Å². The van der Waals surface area contributed by atoms with Crippen molar-refractivity contribution in [2.45, 2.75) is 0 Å². The van der Waals surface area contributed by atoms with Gasteiger partial charge in [-0.1, -0.05) is 18.2 Å². The van der Waals surface area contributed by atoms with Crippen LogP contribution in [0.2, 0.25) is 0 Å². The summed E-state index contributed by atoms with van der Waals surface area (Å²) < 4.78 is 4.91. The molecule has 58 valence electrons. The van der Waals surface area contributed by atoms with Crippen molar-refractivity contribution in [1.29, 1.82) is 0 Å². The van der Waals surface area contributed by atoms with Gasteiger partial charge in [0.15, 0.2) is 0 Å². The average Bonchev–Trinajstić information content (AvgIpc) is 1.90. The smallest absolute Gasteiger partial charge is 1.00 e. The van der Waals surface area contributed by atoms with Gasteiger partial charge in [-0.3, -0.25) is 0 Å². The molecular weight excluding hydrogens is 211 g/mol. The number of hydrogen-bond donors (Lipinski definition) is 0. The van der Waals surface area contributed by atoms with Crippen LogP contribution in [0.1, 0.15) is 0 Å². The van der Waals surface area contributed by atoms with E-state index in [9.17, 15) is 0 Å². The zero-order valence-electron chi connectivity index (χ0n) is 6.26. The Morgan fingerprint density at radius 1 is 1.00 bits per heavy atom. The summed E-state index contributed by atoms with van der Waals surface area (Å²) in [6, 6.07) is 9.68. The molecule has 0 aliphatic carbocycles. The molecule has 0 aliphatic heterocycles. The Morgan fingerprint density at radius 2 is 1.45 bits per heavy atom. The monoisotopic (exact) mass is 218 g/mol. The molecule has 0 fully saturated rings. The van der Waals surface area contributed by atoms with Crippen molar-refractivity contribution in [3.63, 3.8) is 0 Å². The second kappa shape index (κ2) is 10.9. The van der Waals surface area contributed by atoms with Gasteiger partial charge in [0.25, 0.3) is 0 Å². The van der Waals surface area contributed by atoms with E-state index in [1.165, 1.54) is 0 Å². The first-order chi connectivity index (χ1) is 3.93. The van der Waals surface area contributed by atoms with Crippen LogP contribution in [-0.4, -0.2) is 44.8 Å². The van der Waals surface area contributed by atoms with Crippen molar-refractivity contribution in [2.75, 3.05) is 7.11 Å². The van der Waals surface area contributed by atoms with Crippen LogP contribution in [0.4, 0.5) is 0 Å². The van der Waals surface area contributed by atoms with Crippen molar-refractivity contribution in [3.8, 4) is 5.75 Å². The predicted octanol–water partition coefficient (Wildman–Crippen LogP) is -4.68. The first kappa shape index (κ1) is 17.8. The van der Waals surface area contributed by atoms with Crippen LogP contribution in [0.5, 0.6) is 5.75 Å². The van der Waals surface area contributed by atoms with E-state index in [4.69, 9.17) is 4.74 Å². The Kier molecular flexibility index (Phi) is 17.6.